The summed E-state index contributed by atoms with van der Waals surface area (Å²) in [4.78, 5) is 43.8. The molecule has 2 amide bonds. The summed E-state index contributed by atoms with van der Waals surface area (Å²) in [6.45, 7) is 3.08. The van der Waals surface area contributed by atoms with Crippen molar-refractivity contribution in [2.75, 3.05) is 28.6 Å². The Hall–Kier alpha value is -3.59. The van der Waals surface area contributed by atoms with Gasteiger partial charge in [0, 0.05) is 31.9 Å². The molecule has 1 aromatic carbocycles. The molecule has 2 N–H and O–H groups in total. The summed E-state index contributed by atoms with van der Waals surface area (Å²) < 4.78 is 0. The van der Waals surface area contributed by atoms with E-state index < -0.39 is 5.91 Å². The van der Waals surface area contributed by atoms with Crippen LogP contribution in [0.3, 0.4) is 0 Å². The van der Waals surface area contributed by atoms with E-state index in [9.17, 15) is 9.59 Å². The highest BCUT2D eigenvalue weighted by molar-refractivity contribution is 6.34. The van der Waals surface area contributed by atoms with Gasteiger partial charge in [0.1, 0.15) is 5.69 Å². The third-order valence-electron chi connectivity index (χ3n) is 4.67. The Bertz CT molecular complexity index is 1120. The predicted octanol–water partition coefficient (Wildman–Crippen LogP) is 3.40. The molecule has 10 heteroatoms. The number of amides is 2. The van der Waals surface area contributed by atoms with E-state index in [1.165, 1.54) is 19.1 Å². The Kier molecular flexibility index (Phi) is 6.03. The first-order chi connectivity index (χ1) is 15.0. The number of hydrogen-bond acceptors (Lipinski definition) is 7. The number of nitrogens with zero attached hydrogens (tertiary/aromatic N) is 5. The highest BCUT2D eigenvalue weighted by atomic mass is 35.5. The first-order valence-electron chi connectivity index (χ1n) is 9.80. The van der Waals surface area contributed by atoms with Gasteiger partial charge >= 0.3 is 0 Å². The van der Waals surface area contributed by atoms with Crippen LogP contribution in [0.4, 0.5) is 17.6 Å². The lowest BCUT2D eigenvalue weighted by Crippen LogP contribution is -2.23. The number of anilines is 3. The lowest BCUT2D eigenvalue weighted by Gasteiger charge is -2.16. The molecule has 158 valence electrons. The molecule has 1 saturated heterocycles. The number of pyridine rings is 1. The molecule has 3 aromatic rings. The molecule has 0 spiro atoms. The van der Waals surface area contributed by atoms with Crippen LogP contribution in [0, 0.1) is 0 Å². The van der Waals surface area contributed by atoms with Crippen LogP contribution in [0.5, 0.6) is 0 Å². The van der Waals surface area contributed by atoms with Crippen molar-refractivity contribution in [1.82, 2.24) is 19.9 Å². The van der Waals surface area contributed by atoms with E-state index in [-0.39, 0.29) is 22.4 Å². The predicted molar refractivity (Wildman–Crippen MR) is 118 cm³/mol. The molecule has 9 nitrogen and oxygen atoms in total. The summed E-state index contributed by atoms with van der Waals surface area (Å²) in [7, 11) is 0. The molecule has 3 heterocycles. The van der Waals surface area contributed by atoms with Crippen LogP contribution in [0.1, 0.15) is 30.1 Å². The maximum atomic E-state index is 12.8. The number of rotatable bonds is 5. The van der Waals surface area contributed by atoms with E-state index in [0.717, 1.165) is 25.9 Å². The van der Waals surface area contributed by atoms with E-state index in [2.05, 4.69) is 35.5 Å². The zero-order valence-electron chi connectivity index (χ0n) is 16.8. The first kappa shape index (κ1) is 20.7. The molecule has 0 aliphatic carbocycles. The van der Waals surface area contributed by atoms with Crippen LogP contribution in [-0.2, 0) is 4.79 Å². The fourth-order valence-electron chi connectivity index (χ4n) is 3.24. The molecule has 0 saturated carbocycles. The smallest absolute Gasteiger partial charge is 0.259 e. The number of carbonyl (C=O) groups excluding carboxylic acids is 2. The normalized spacial score (nSPS) is 13.2. The van der Waals surface area contributed by atoms with Crippen LogP contribution >= 0.6 is 11.6 Å². The minimum atomic E-state index is -0.468. The van der Waals surface area contributed by atoms with Gasteiger partial charge in [-0.3, -0.25) is 19.9 Å². The third kappa shape index (κ3) is 4.95. The van der Waals surface area contributed by atoms with Crippen molar-refractivity contribution < 1.29 is 9.59 Å². The molecule has 4 rings (SSSR count). The SMILES string of the molecule is CC(=O)Nc1ccc(C(=O)Nc2nc(-c3ccccn3)nc(N3CCCC3)n2)c(Cl)c1. The minimum Gasteiger partial charge on any atom is -0.341 e. The van der Waals surface area contributed by atoms with Crippen LogP contribution in [0.15, 0.2) is 42.6 Å². The van der Waals surface area contributed by atoms with Gasteiger partial charge in [0.25, 0.3) is 5.91 Å². The Labute approximate surface area is 183 Å². The lowest BCUT2D eigenvalue weighted by atomic mass is 10.2. The van der Waals surface area contributed by atoms with Crippen molar-refractivity contribution in [3.63, 3.8) is 0 Å². The molecule has 0 atom stereocenters. The fraction of sp³-hybridized carbons (Fsp3) is 0.238. The van der Waals surface area contributed by atoms with Gasteiger partial charge in [-0.1, -0.05) is 17.7 Å². The van der Waals surface area contributed by atoms with E-state index in [0.29, 0.717) is 23.2 Å². The van der Waals surface area contributed by atoms with Gasteiger partial charge in [-0.15, -0.1) is 0 Å². The number of halogens is 1. The van der Waals surface area contributed by atoms with Crippen molar-refractivity contribution in [1.29, 1.82) is 0 Å². The number of benzene rings is 1. The summed E-state index contributed by atoms with van der Waals surface area (Å²) >= 11 is 6.25. The molecule has 0 radical (unpaired) electrons. The van der Waals surface area contributed by atoms with Gasteiger partial charge in [-0.25, -0.2) is 0 Å². The van der Waals surface area contributed by atoms with Gasteiger partial charge in [-0.05, 0) is 43.2 Å². The van der Waals surface area contributed by atoms with Crippen molar-refractivity contribution >= 4 is 41.0 Å². The summed E-state index contributed by atoms with van der Waals surface area (Å²) in [6, 6.07) is 10.1. The monoisotopic (exact) mass is 437 g/mol. The fourth-order valence-corrected chi connectivity index (χ4v) is 3.50. The topological polar surface area (TPSA) is 113 Å². The molecule has 1 aliphatic rings. The van der Waals surface area contributed by atoms with Crippen LogP contribution in [-0.4, -0.2) is 44.8 Å². The van der Waals surface area contributed by atoms with Crippen molar-refractivity contribution in [3.8, 4) is 11.5 Å². The molecule has 1 aliphatic heterocycles. The van der Waals surface area contributed by atoms with Crippen molar-refractivity contribution in [2.45, 2.75) is 19.8 Å². The van der Waals surface area contributed by atoms with Crippen molar-refractivity contribution in [3.05, 3.63) is 53.2 Å². The Balaban J connectivity index is 1.63. The molecule has 0 bridgehead atoms. The third-order valence-corrected chi connectivity index (χ3v) is 4.98. The number of hydrogen-bond donors (Lipinski definition) is 2. The molecular weight excluding hydrogens is 418 g/mol. The maximum Gasteiger partial charge on any atom is 0.259 e. The zero-order valence-corrected chi connectivity index (χ0v) is 17.6. The molecule has 1 fully saturated rings. The Morgan fingerprint density at radius 3 is 2.52 bits per heavy atom. The Morgan fingerprint density at radius 1 is 1.03 bits per heavy atom. The van der Waals surface area contributed by atoms with E-state index >= 15 is 0 Å². The van der Waals surface area contributed by atoms with Gasteiger partial charge < -0.3 is 10.2 Å². The summed E-state index contributed by atoms with van der Waals surface area (Å²) in [5.74, 6) is 0.292. The van der Waals surface area contributed by atoms with Gasteiger partial charge in [0.15, 0.2) is 5.82 Å². The number of carbonyl (C=O) groups is 2. The van der Waals surface area contributed by atoms with Gasteiger partial charge in [-0.2, -0.15) is 15.0 Å². The number of nitrogens with one attached hydrogen (secondary N) is 2. The van der Waals surface area contributed by atoms with Crippen LogP contribution in [0.2, 0.25) is 5.02 Å². The molecular formula is C21H20ClN7O2. The largest absolute Gasteiger partial charge is 0.341 e. The summed E-state index contributed by atoms with van der Waals surface area (Å²) in [5, 5.41) is 5.53. The van der Waals surface area contributed by atoms with Crippen LogP contribution in [0.25, 0.3) is 11.5 Å². The summed E-state index contributed by atoms with van der Waals surface area (Å²) in [5.41, 5.74) is 1.32. The maximum absolute atomic E-state index is 12.8. The standard InChI is InChI=1S/C21H20ClN7O2/c1-13(30)24-14-7-8-15(16(22)12-14)19(31)27-20-25-18(17-6-2-3-9-23-17)26-21(28-20)29-10-4-5-11-29/h2-3,6-9,12H,4-5,10-11H2,1H3,(H,24,30)(H,25,26,27,28,31). The average molecular weight is 438 g/mol. The van der Waals surface area contributed by atoms with E-state index in [4.69, 9.17) is 11.6 Å². The van der Waals surface area contributed by atoms with E-state index in [1.807, 2.05) is 6.07 Å². The second-order valence-corrected chi connectivity index (χ2v) is 7.43. The second kappa shape index (κ2) is 9.05. The van der Waals surface area contributed by atoms with Gasteiger partial charge in [0.05, 0.1) is 10.6 Å². The highest BCUT2D eigenvalue weighted by Gasteiger charge is 2.20. The zero-order chi connectivity index (χ0) is 21.8. The number of aromatic nitrogens is 4. The highest BCUT2D eigenvalue weighted by Crippen LogP contribution is 2.24. The van der Waals surface area contributed by atoms with Crippen LogP contribution < -0.4 is 15.5 Å². The van der Waals surface area contributed by atoms with Gasteiger partial charge in [0.2, 0.25) is 17.8 Å². The molecule has 0 unspecified atom stereocenters. The first-order valence-corrected chi connectivity index (χ1v) is 10.2. The molecule has 2 aromatic heterocycles. The lowest BCUT2D eigenvalue weighted by molar-refractivity contribution is -0.114. The Morgan fingerprint density at radius 2 is 1.84 bits per heavy atom. The van der Waals surface area contributed by atoms with Crippen molar-refractivity contribution in [2.24, 2.45) is 0 Å². The van der Waals surface area contributed by atoms with E-state index in [1.54, 1.807) is 24.4 Å². The summed E-state index contributed by atoms with van der Waals surface area (Å²) in [6.07, 6.45) is 3.77. The quantitative estimate of drug-likeness (QED) is 0.628. The second-order valence-electron chi connectivity index (χ2n) is 7.02. The molecule has 31 heavy (non-hydrogen) atoms. The minimum absolute atomic E-state index is 0.115. The average Bonchev–Trinajstić information content (AvgIpc) is 3.29.